The van der Waals surface area contributed by atoms with Crippen molar-refractivity contribution in [2.24, 2.45) is 0 Å². The predicted octanol–water partition coefficient (Wildman–Crippen LogP) is -0.343. The minimum atomic E-state index is -3.15. The molecule has 0 amide bonds. The molecule has 4 atom stereocenters. The second kappa shape index (κ2) is 6.56. The fourth-order valence-electron chi connectivity index (χ4n) is 2.29. The molecule has 1 aromatic rings. The van der Waals surface area contributed by atoms with Gasteiger partial charge in [-0.1, -0.05) is 0 Å². The van der Waals surface area contributed by atoms with Gasteiger partial charge in [0.15, 0.2) is 18.5 Å². The Bertz CT molecular complexity index is 824. The molecule has 1 saturated heterocycles. The Morgan fingerprint density at radius 1 is 1.46 bits per heavy atom. The van der Waals surface area contributed by atoms with Crippen LogP contribution in [0.4, 0.5) is 4.39 Å². The number of H-pyrrole nitrogens is 1. The maximum absolute atomic E-state index is 15.1. The fraction of sp³-hybridized carbons (Fsp3) is 0.571. The van der Waals surface area contributed by atoms with Crippen LogP contribution < -0.4 is 11.2 Å². The molecule has 0 radical (unpaired) electrons. The van der Waals surface area contributed by atoms with E-state index in [9.17, 15) is 19.2 Å². The number of rotatable bonds is 4. The van der Waals surface area contributed by atoms with Crippen molar-refractivity contribution >= 4 is 11.9 Å². The van der Waals surface area contributed by atoms with Crippen molar-refractivity contribution in [1.82, 2.24) is 9.55 Å². The van der Waals surface area contributed by atoms with E-state index in [1.165, 1.54) is 0 Å². The number of alkyl halides is 1. The molecule has 0 unspecified atom stereocenters. The van der Waals surface area contributed by atoms with E-state index < -0.39 is 60.8 Å². The Hall–Kier alpha value is -2.49. The first-order valence-electron chi connectivity index (χ1n) is 8.33. The molecule has 2 rings (SSSR count). The number of carbonyl (C=O) groups is 2. The van der Waals surface area contributed by atoms with Gasteiger partial charge in [-0.2, -0.15) is 0 Å². The van der Waals surface area contributed by atoms with Gasteiger partial charge in [-0.15, -0.1) is 0 Å². The van der Waals surface area contributed by atoms with Crippen molar-refractivity contribution in [3.05, 3.63) is 33.1 Å². The summed E-state index contributed by atoms with van der Waals surface area (Å²) in [6.45, 7) is -2.24. The van der Waals surface area contributed by atoms with E-state index in [-0.39, 0.29) is 0 Å². The van der Waals surface area contributed by atoms with Crippen LogP contribution in [0.25, 0.3) is 0 Å². The van der Waals surface area contributed by atoms with E-state index in [1.807, 2.05) is 0 Å². The molecule has 24 heavy (non-hydrogen) atoms. The molecule has 9 nitrogen and oxygen atoms in total. The number of ether oxygens (including phenoxy) is 3. The zero-order chi connectivity index (χ0) is 20.6. The maximum Gasteiger partial charge on any atom is 0.330 e. The van der Waals surface area contributed by atoms with Crippen molar-refractivity contribution in [2.45, 2.75) is 44.8 Å². The number of carbonyl (C=O) groups excluding carboxylic acids is 2. The Kier molecular flexibility index (Phi) is 3.80. The standard InChI is InChI=1S/C14H17FN2O7/c1-7(18)22-6-14(3)11(23-8(2)19)10(15)12(24-14)17-9(20)4-5-16-13(17)21/h4-5,10-12H,6H2,1-3H3,(H,16,21)/t10-,11+,12-,14-/m1/s1/i3D3,9+1. The number of nitrogens with zero attached hydrogens (tertiary/aromatic N) is 1. The van der Waals surface area contributed by atoms with Crippen molar-refractivity contribution in [3.63, 3.8) is 0 Å². The number of aromatic amines is 1. The SMILES string of the molecule is [2H]C([2H])([2H])[C@]1(COC(C)=O)O[C@@H](n2c(=O)[nH]cc[13c]2=O)[C@H](F)[C@@H]1OC(C)=O. The van der Waals surface area contributed by atoms with Crippen molar-refractivity contribution < 1.29 is 32.3 Å². The van der Waals surface area contributed by atoms with Gasteiger partial charge < -0.3 is 19.2 Å². The number of aromatic nitrogens is 2. The van der Waals surface area contributed by atoms with Crippen LogP contribution in [0.3, 0.4) is 0 Å². The van der Waals surface area contributed by atoms with Gasteiger partial charge in [-0.3, -0.25) is 14.4 Å². The summed E-state index contributed by atoms with van der Waals surface area (Å²) in [4.78, 5) is 48.7. The smallest absolute Gasteiger partial charge is 0.330 e. The van der Waals surface area contributed by atoms with Crippen LogP contribution >= 0.6 is 0 Å². The highest BCUT2D eigenvalue weighted by atomic mass is 19.1. The van der Waals surface area contributed by atoms with Crippen molar-refractivity contribution in [1.29, 1.82) is 0 Å². The molecule has 1 N–H and O–H groups in total. The third kappa shape index (κ3) is 3.37. The topological polar surface area (TPSA) is 117 Å². The monoisotopic (exact) mass is 348 g/mol. The van der Waals surface area contributed by atoms with Crippen LogP contribution in [0.2, 0.25) is 0 Å². The lowest BCUT2D eigenvalue weighted by atomic mass is 9.99. The lowest BCUT2D eigenvalue weighted by molar-refractivity contribution is -0.172. The molecule has 10 heteroatoms. The molecule has 2 heterocycles. The molecule has 0 aromatic carbocycles. The maximum atomic E-state index is 15.1. The summed E-state index contributed by atoms with van der Waals surface area (Å²) in [5.41, 5.74) is -4.66. The molecular weight excluding hydrogens is 328 g/mol. The summed E-state index contributed by atoms with van der Waals surface area (Å²) < 4.78 is 53.4. The molecule has 1 aliphatic rings. The highest BCUT2D eigenvalue weighted by molar-refractivity contribution is 5.67. The Morgan fingerprint density at radius 3 is 2.71 bits per heavy atom. The van der Waals surface area contributed by atoms with Gasteiger partial charge >= 0.3 is 17.6 Å². The average Bonchev–Trinajstić information content (AvgIpc) is 2.79. The fourth-order valence-corrected chi connectivity index (χ4v) is 2.29. The summed E-state index contributed by atoms with van der Waals surface area (Å²) >= 11 is 0. The van der Waals surface area contributed by atoms with Crippen LogP contribution in [-0.4, -0.2) is 46.0 Å². The molecule has 132 valence electrons. The predicted molar refractivity (Wildman–Crippen MR) is 76.9 cm³/mol. The lowest BCUT2D eigenvalue weighted by Crippen LogP contribution is -2.46. The van der Waals surface area contributed by atoms with Gasteiger partial charge in [0.1, 0.15) is 12.2 Å². The first kappa shape index (κ1) is 13.9. The second-order valence-corrected chi connectivity index (χ2v) is 5.14. The van der Waals surface area contributed by atoms with Crippen molar-refractivity contribution in [3.8, 4) is 0 Å². The van der Waals surface area contributed by atoms with Gasteiger partial charge in [-0.05, 0) is 6.85 Å². The summed E-state index contributed by atoms with van der Waals surface area (Å²) in [6.07, 6.45) is -5.49. The van der Waals surface area contributed by atoms with Crippen LogP contribution in [0.1, 0.15) is 31.0 Å². The highest BCUT2D eigenvalue weighted by Crippen LogP contribution is 2.40. The van der Waals surface area contributed by atoms with Crippen LogP contribution in [0.5, 0.6) is 0 Å². The molecule has 1 aliphatic heterocycles. The molecule has 0 bridgehead atoms. The molecule has 1 aromatic heterocycles. The third-order valence-electron chi connectivity index (χ3n) is 3.28. The normalized spacial score (nSPS) is 31.6. The summed E-state index contributed by atoms with van der Waals surface area (Å²) in [7, 11) is 0. The quantitative estimate of drug-likeness (QED) is 0.740. The first-order chi connectivity index (χ1) is 12.4. The van der Waals surface area contributed by atoms with E-state index >= 15 is 4.39 Å². The Morgan fingerprint density at radius 2 is 2.17 bits per heavy atom. The molecule has 0 spiro atoms. The summed E-state index contributed by atoms with van der Waals surface area (Å²) in [5.74, 6) is -1.92. The summed E-state index contributed by atoms with van der Waals surface area (Å²) in [6, 6.07) is 0.903. The minimum absolute atomic E-state index is 0.322. The zero-order valence-corrected chi connectivity index (χ0v) is 12.8. The van der Waals surface area contributed by atoms with Crippen LogP contribution in [0.15, 0.2) is 21.9 Å². The van der Waals surface area contributed by atoms with Crippen LogP contribution in [-0.2, 0) is 23.8 Å². The van der Waals surface area contributed by atoms with E-state index in [1.54, 1.807) is 0 Å². The number of hydrogen-bond acceptors (Lipinski definition) is 7. The van der Waals surface area contributed by atoms with Gasteiger partial charge in [0, 0.05) is 30.2 Å². The molecule has 1 fully saturated rings. The third-order valence-corrected chi connectivity index (χ3v) is 3.28. The van der Waals surface area contributed by atoms with Crippen molar-refractivity contribution in [2.75, 3.05) is 6.61 Å². The zero-order valence-electron chi connectivity index (χ0n) is 15.8. The van der Waals surface area contributed by atoms with Gasteiger partial charge in [0.25, 0.3) is 5.56 Å². The largest absolute Gasteiger partial charge is 0.463 e. The number of esters is 2. The lowest BCUT2D eigenvalue weighted by Gasteiger charge is -2.28. The molecule has 0 saturated carbocycles. The number of halogens is 1. The molecule has 0 aliphatic carbocycles. The minimum Gasteiger partial charge on any atom is -0.463 e. The van der Waals surface area contributed by atoms with Gasteiger partial charge in [0.2, 0.25) is 0 Å². The number of nitrogens with one attached hydrogen (secondary N) is 1. The number of hydrogen-bond donors (Lipinski definition) is 1. The van der Waals surface area contributed by atoms with E-state index in [4.69, 9.17) is 18.3 Å². The van der Waals surface area contributed by atoms with Gasteiger partial charge in [-0.25, -0.2) is 13.8 Å². The average molecular weight is 348 g/mol. The highest BCUT2D eigenvalue weighted by Gasteiger charge is 2.57. The van der Waals surface area contributed by atoms with E-state index in [2.05, 4.69) is 4.98 Å². The van der Waals surface area contributed by atoms with E-state index in [0.29, 0.717) is 4.57 Å². The Balaban J connectivity index is 2.62. The first-order valence-corrected chi connectivity index (χ1v) is 6.83. The van der Waals surface area contributed by atoms with Crippen LogP contribution in [0, 0.1) is 0 Å². The van der Waals surface area contributed by atoms with Gasteiger partial charge in [0.05, 0.1) is 0 Å². The summed E-state index contributed by atoms with van der Waals surface area (Å²) in [5, 5.41) is 0. The Labute approximate surface area is 139 Å². The second-order valence-electron chi connectivity index (χ2n) is 5.14. The molecular formula is C14H17FN2O7. The van der Waals surface area contributed by atoms with E-state index in [0.717, 1.165) is 26.1 Å².